The van der Waals surface area contributed by atoms with Crippen LogP contribution in [0.2, 0.25) is 0 Å². The van der Waals surface area contributed by atoms with Crippen molar-refractivity contribution < 1.29 is 24.2 Å². The van der Waals surface area contributed by atoms with E-state index in [1.807, 2.05) is 13.8 Å². The second-order valence-corrected chi connectivity index (χ2v) is 8.54. The van der Waals surface area contributed by atoms with Crippen molar-refractivity contribution in [2.75, 3.05) is 6.79 Å². The Kier molecular flexibility index (Phi) is 6.99. The first kappa shape index (κ1) is 22.1. The third kappa shape index (κ3) is 5.11. The lowest BCUT2D eigenvalue weighted by Crippen LogP contribution is -2.48. The fourth-order valence-electron chi connectivity index (χ4n) is 2.70. The average molecular weight is 541 g/mol. The fourth-order valence-corrected chi connectivity index (χ4v) is 3.92. The van der Waals surface area contributed by atoms with Gasteiger partial charge >= 0.3 is 0 Å². The molecule has 0 aliphatic carbocycles. The molecule has 1 aliphatic heterocycles. The molecule has 0 bridgehead atoms. The number of hydrogen-bond acceptors (Lipinski definition) is 6. The second kappa shape index (κ2) is 9.48. The summed E-state index contributed by atoms with van der Waals surface area (Å²) in [4.78, 5) is 25.2. The fraction of sp³-hybridized carbons (Fsp3) is 0.250. The Morgan fingerprint density at radius 1 is 1.13 bits per heavy atom. The van der Waals surface area contributed by atoms with E-state index in [-0.39, 0.29) is 18.5 Å². The molecule has 0 saturated carbocycles. The van der Waals surface area contributed by atoms with E-state index in [4.69, 9.17) is 9.47 Å². The van der Waals surface area contributed by atoms with Gasteiger partial charge in [0.2, 0.25) is 6.79 Å². The molecule has 1 atom stereocenters. The minimum Gasteiger partial charge on any atom is -0.506 e. The molecule has 10 heteroatoms. The number of hydrogen-bond donors (Lipinski definition) is 3. The van der Waals surface area contributed by atoms with Crippen LogP contribution in [0.4, 0.5) is 0 Å². The lowest BCUT2D eigenvalue weighted by molar-refractivity contribution is -0.123. The van der Waals surface area contributed by atoms with Crippen molar-refractivity contribution >= 4 is 49.9 Å². The van der Waals surface area contributed by atoms with Crippen LogP contribution in [-0.4, -0.2) is 36.0 Å². The Balaban J connectivity index is 1.65. The Morgan fingerprint density at radius 2 is 1.80 bits per heavy atom. The molecule has 1 aliphatic rings. The highest BCUT2D eigenvalue weighted by atomic mass is 79.9. The molecule has 0 saturated heterocycles. The smallest absolute Gasteiger partial charge is 0.262 e. The SMILES string of the molecule is CC(C)C(NC(=O)c1ccc2c(c1)OCO2)C(=O)N/N=C/c1cc(Br)c(O)c(Br)c1. The first-order chi connectivity index (χ1) is 14.3. The molecular weight excluding hydrogens is 522 g/mol. The van der Waals surface area contributed by atoms with Crippen LogP contribution in [0.3, 0.4) is 0 Å². The van der Waals surface area contributed by atoms with Gasteiger partial charge in [-0.3, -0.25) is 9.59 Å². The standard InChI is InChI=1S/C20H19Br2N3O5/c1-10(2)17(24-19(27)12-3-4-15-16(7-12)30-9-29-15)20(28)25-23-8-11-5-13(21)18(26)14(22)6-11/h3-8,10,17,26H,9H2,1-2H3,(H,24,27)(H,25,28)/b23-8+. The van der Waals surface area contributed by atoms with E-state index in [0.29, 0.717) is 31.6 Å². The normalized spacial score (nSPS) is 13.5. The van der Waals surface area contributed by atoms with Crippen molar-refractivity contribution in [3.8, 4) is 17.2 Å². The zero-order chi connectivity index (χ0) is 21.8. The van der Waals surface area contributed by atoms with E-state index in [1.165, 1.54) is 6.21 Å². The zero-order valence-corrected chi connectivity index (χ0v) is 19.3. The second-order valence-electron chi connectivity index (χ2n) is 6.83. The molecule has 3 N–H and O–H groups in total. The van der Waals surface area contributed by atoms with E-state index in [0.717, 1.165) is 0 Å². The third-order valence-electron chi connectivity index (χ3n) is 4.30. The van der Waals surface area contributed by atoms with Gasteiger partial charge in [0.25, 0.3) is 11.8 Å². The van der Waals surface area contributed by atoms with Gasteiger partial charge in [-0.15, -0.1) is 0 Å². The summed E-state index contributed by atoms with van der Waals surface area (Å²) >= 11 is 6.47. The molecule has 0 fully saturated rings. The van der Waals surface area contributed by atoms with Gasteiger partial charge in [-0.25, -0.2) is 5.43 Å². The summed E-state index contributed by atoms with van der Waals surface area (Å²) in [6, 6.07) is 7.34. The summed E-state index contributed by atoms with van der Waals surface area (Å²) < 4.78 is 11.5. The van der Waals surface area contributed by atoms with Crippen molar-refractivity contribution in [3.05, 3.63) is 50.4 Å². The van der Waals surface area contributed by atoms with Crippen molar-refractivity contribution in [1.82, 2.24) is 10.7 Å². The number of ether oxygens (including phenoxy) is 2. The Labute approximate surface area is 189 Å². The summed E-state index contributed by atoms with van der Waals surface area (Å²) in [6.07, 6.45) is 1.43. The highest BCUT2D eigenvalue weighted by molar-refractivity contribution is 9.11. The summed E-state index contributed by atoms with van der Waals surface area (Å²) in [5, 5.41) is 16.4. The van der Waals surface area contributed by atoms with Crippen LogP contribution in [0.25, 0.3) is 0 Å². The lowest BCUT2D eigenvalue weighted by atomic mass is 10.0. The van der Waals surface area contributed by atoms with Crippen LogP contribution < -0.4 is 20.2 Å². The van der Waals surface area contributed by atoms with E-state index in [2.05, 4.69) is 47.7 Å². The number of amides is 2. The van der Waals surface area contributed by atoms with Crippen molar-refractivity contribution in [2.45, 2.75) is 19.9 Å². The number of halogens is 2. The molecule has 3 rings (SSSR count). The Morgan fingerprint density at radius 3 is 2.47 bits per heavy atom. The van der Waals surface area contributed by atoms with Gasteiger partial charge in [-0.05, 0) is 73.7 Å². The first-order valence-electron chi connectivity index (χ1n) is 8.97. The van der Waals surface area contributed by atoms with Gasteiger partial charge in [0.15, 0.2) is 11.5 Å². The lowest BCUT2D eigenvalue weighted by Gasteiger charge is -2.20. The molecule has 0 spiro atoms. The van der Waals surface area contributed by atoms with Crippen LogP contribution in [-0.2, 0) is 4.79 Å². The number of fused-ring (bicyclic) bond motifs is 1. The maximum atomic E-state index is 12.6. The van der Waals surface area contributed by atoms with Crippen LogP contribution in [0.15, 0.2) is 44.4 Å². The number of nitrogens with one attached hydrogen (secondary N) is 2. The van der Waals surface area contributed by atoms with E-state index in [1.54, 1.807) is 30.3 Å². The van der Waals surface area contributed by atoms with Gasteiger partial charge in [-0.2, -0.15) is 5.10 Å². The Hall–Kier alpha value is -2.59. The molecule has 158 valence electrons. The molecule has 30 heavy (non-hydrogen) atoms. The molecule has 0 aromatic heterocycles. The molecular formula is C20H19Br2N3O5. The number of rotatable bonds is 6. The van der Waals surface area contributed by atoms with Crippen LogP contribution >= 0.6 is 31.9 Å². The number of carbonyl (C=O) groups is 2. The number of carbonyl (C=O) groups excluding carboxylic acids is 2. The van der Waals surface area contributed by atoms with Gasteiger partial charge < -0.3 is 19.9 Å². The maximum Gasteiger partial charge on any atom is 0.262 e. The minimum atomic E-state index is -0.793. The maximum absolute atomic E-state index is 12.6. The predicted octanol–water partition coefficient (Wildman–Crippen LogP) is 3.55. The van der Waals surface area contributed by atoms with E-state index >= 15 is 0 Å². The molecule has 2 aromatic carbocycles. The van der Waals surface area contributed by atoms with Gasteiger partial charge in [0.05, 0.1) is 15.2 Å². The highest BCUT2D eigenvalue weighted by Gasteiger charge is 2.25. The predicted molar refractivity (Wildman–Crippen MR) is 118 cm³/mol. The van der Waals surface area contributed by atoms with Gasteiger partial charge in [-0.1, -0.05) is 13.8 Å². The Bertz CT molecular complexity index is 987. The largest absolute Gasteiger partial charge is 0.506 e. The quantitative estimate of drug-likeness (QED) is 0.383. The average Bonchev–Trinajstić information content (AvgIpc) is 3.17. The van der Waals surface area contributed by atoms with Crippen LogP contribution in [0.1, 0.15) is 29.8 Å². The molecule has 8 nitrogen and oxygen atoms in total. The number of benzene rings is 2. The number of phenolic OH excluding ortho intramolecular Hbond substituents is 1. The summed E-state index contributed by atoms with van der Waals surface area (Å²) in [5.41, 5.74) is 3.45. The highest BCUT2D eigenvalue weighted by Crippen LogP contribution is 2.33. The monoisotopic (exact) mass is 539 g/mol. The molecule has 1 heterocycles. The van der Waals surface area contributed by atoms with Gasteiger partial charge in [0.1, 0.15) is 11.8 Å². The molecule has 2 amide bonds. The number of hydrazone groups is 1. The number of phenols is 1. The third-order valence-corrected chi connectivity index (χ3v) is 5.51. The summed E-state index contributed by atoms with van der Waals surface area (Å²) in [6.45, 7) is 3.76. The summed E-state index contributed by atoms with van der Waals surface area (Å²) in [5.74, 6) is 0.109. The summed E-state index contributed by atoms with van der Waals surface area (Å²) in [7, 11) is 0. The van der Waals surface area contributed by atoms with E-state index in [9.17, 15) is 14.7 Å². The van der Waals surface area contributed by atoms with Gasteiger partial charge in [0, 0.05) is 5.56 Å². The number of nitrogens with zero attached hydrogens (tertiary/aromatic N) is 1. The number of aromatic hydroxyl groups is 1. The van der Waals surface area contributed by atoms with Crippen molar-refractivity contribution in [2.24, 2.45) is 11.0 Å². The van der Waals surface area contributed by atoms with Crippen LogP contribution in [0.5, 0.6) is 17.2 Å². The molecule has 1 unspecified atom stereocenters. The zero-order valence-electron chi connectivity index (χ0n) is 16.1. The first-order valence-corrected chi connectivity index (χ1v) is 10.6. The molecule has 0 radical (unpaired) electrons. The molecule has 2 aromatic rings. The topological polar surface area (TPSA) is 109 Å². The van der Waals surface area contributed by atoms with Crippen LogP contribution in [0, 0.1) is 5.92 Å². The van der Waals surface area contributed by atoms with Crippen molar-refractivity contribution in [1.29, 1.82) is 0 Å². The minimum absolute atomic E-state index is 0.0716. The van der Waals surface area contributed by atoms with E-state index < -0.39 is 17.9 Å². The van der Waals surface area contributed by atoms with Crippen molar-refractivity contribution in [3.63, 3.8) is 0 Å².